The van der Waals surface area contributed by atoms with Gasteiger partial charge in [0.15, 0.2) is 0 Å². The molecule has 2 aromatic carbocycles. The Kier molecular flexibility index (Phi) is 26.3. The molecule has 2 atom stereocenters. The van der Waals surface area contributed by atoms with E-state index in [1.807, 2.05) is 126 Å². The molecular formula is C64H95B2BrClN14O10. The van der Waals surface area contributed by atoms with Gasteiger partial charge in [-0.2, -0.15) is 0 Å². The first-order chi connectivity index (χ1) is 43.1. The average Bonchev–Trinajstić information content (AvgIpc) is 1.52. The van der Waals surface area contributed by atoms with Gasteiger partial charge in [0.1, 0.15) is 16.7 Å². The number of ether oxygens (including phenoxy) is 4. The van der Waals surface area contributed by atoms with E-state index < -0.39 is 18.2 Å². The summed E-state index contributed by atoms with van der Waals surface area (Å²) in [7, 11) is 4.31. The van der Waals surface area contributed by atoms with E-state index in [0.29, 0.717) is 67.8 Å². The van der Waals surface area contributed by atoms with Gasteiger partial charge in [-0.1, -0.05) is 45.7 Å². The zero-order valence-electron chi connectivity index (χ0n) is 56.2. The number of urea groups is 2. The fourth-order valence-corrected chi connectivity index (χ4v) is 9.95. The number of aliphatic hydroxyl groups is 1. The maximum absolute atomic E-state index is 12.9. The molecule has 9 rings (SSSR count). The quantitative estimate of drug-likeness (QED) is 0.0331. The standard InChI is InChI=1S/C26H35N7O3.C18H25BrN2O3.C12H25B2O4.C8H10ClN5/c1-26(2,3)36-19-15-33(16-19)25(34)32-22-6-5-11-35-23-12-17(7-8-20(22)23)21-9-10-29-24(31-21)30-18(13-27)14-28-4;1-18(2,3)24-13-10-21(11-13)17(22)20-15-5-4-8-23-16-9-12(19)6-7-14(15)16;1-9(2,15)10(3,4)16-13-14-17-11(5,6)12(7,8)18-14;1-11-5-6(4-10)13-8-12-3-2-7(9)14-8/h7-10,12-14,19,22H,5-6,11,15-16,27H2,1-4H3,(H,32,34)(H,29,30,31);6-7,9,13,15H,4-5,8,10-11H2,1-3H3,(H,20,22);15H,1-8H3;2-5H,10H2,1H3,(H,12,13,14). The van der Waals surface area contributed by atoms with Crippen LogP contribution in [0.2, 0.25) is 5.15 Å². The number of hydrogen-bond donors (Lipinski definition) is 7. The monoisotopic (exact) mass is 1360 g/mol. The van der Waals surface area contributed by atoms with Crippen molar-refractivity contribution in [3.8, 4) is 22.8 Å². The van der Waals surface area contributed by atoms with Crippen LogP contribution in [0.5, 0.6) is 11.5 Å². The zero-order valence-corrected chi connectivity index (χ0v) is 58.6. The summed E-state index contributed by atoms with van der Waals surface area (Å²) in [6.45, 7) is 31.0. The lowest BCUT2D eigenvalue weighted by molar-refractivity contribution is -0.111. The zero-order chi connectivity index (χ0) is 67.8. The van der Waals surface area contributed by atoms with Crippen molar-refractivity contribution in [2.24, 2.45) is 21.5 Å². The summed E-state index contributed by atoms with van der Waals surface area (Å²) >= 11 is 9.14. The maximum Gasteiger partial charge on any atom is 0.439 e. The first kappa shape index (κ1) is 74.5. The molecule has 0 spiro atoms. The van der Waals surface area contributed by atoms with Crippen LogP contribution in [0.1, 0.15) is 146 Å². The second-order valence-electron chi connectivity index (χ2n) is 26.6. The third-order valence-corrected chi connectivity index (χ3v) is 16.3. The number of halogens is 2. The molecule has 3 fully saturated rings. The highest BCUT2D eigenvalue weighted by molar-refractivity contribution is 9.10. The summed E-state index contributed by atoms with van der Waals surface area (Å²) < 4.78 is 41.9. The minimum absolute atomic E-state index is 0.00863. The van der Waals surface area contributed by atoms with Gasteiger partial charge in [-0.3, -0.25) is 9.98 Å². The third kappa shape index (κ3) is 22.3. The number of nitrogens with zero attached hydrogens (tertiary/aromatic N) is 8. The molecule has 501 valence electrons. The third-order valence-electron chi connectivity index (χ3n) is 15.6. The second kappa shape index (κ2) is 32.5. The molecule has 5 aliphatic heterocycles. The van der Waals surface area contributed by atoms with Gasteiger partial charge in [0, 0.05) is 72.5 Å². The number of allylic oxidation sites excluding steroid dienone is 2. The van der Waals surface area contributed by atoms with Gasteiger partial charge in [0.2, 0.25) is 11.9 Å². The molecule has 2 unspecified atom stereocenters. The molecule has 4 amide bonds. The van der Waals surface area contributed by atoms with Crippen molar-refractivity contribution in [2.75, 3.05) is 64.1 Å². The molecule has 0 bridgehead atoms. The number of amides is 4. The van der Waals surface area contributed by atoms with E-state index in [4.69, 9.17) is 56.0 Å². The van der Waals surface area contributed by atoms with Crippen LogP contribution in [-0.4, -0.2) is 173 Å². The number of likely N-dealkylation sites (tertiary alicyclic amines) is 2. The number of rotatable bonds is 15. The van der Waals surface area contributed by atoms with E-state index in [1.54, 1.807) is 68.6 Å². The normalized spacial score (nSPS) is 19.3. The number of aromatic nitrogens is 4. The van der Waals surface area contributed by atoms with Crippen LogP contribution in [0.3, 0.4) is 0 Å². The van der Waals surface area contributed by atoms with Crippen LogP contribution in [0.25, 0.3) is 11.3 Å². The molecule has 24 nitrogen and oxygen atoms in total. The van der Waals surface area contributed by atoms with E-state index in [2.05, 4.69) is 67.1 Å². The second-order valence-corrected chi connectivity index (χ2v) is 27.9. The summed E-state index contributed by atoms with van der Waals surface area (Å²) in [5.41, 5.74) is 13.0. The molecule has 0 saturated carbocycles. The van der Waals surface area contributed by atoms with Crippen LogP contribution in [0, 0.1) is 0 Å². The van der Waals surface area contributed by atoms with Crippen LogP contribution >= 0.6 is 27.5 Å². The SMILES string of the molecule is CC(C)(C)OC1CN(C(=O)NC2CCCOc3cc(Br)ccc32)C1.CC(C)(O)C(C)(C)O[B]B1OC(C)(C)C(C)(C)O1.CN=CC(=CN)Nc1nccc(-c2ccc3c(c2)OCCCC3NC(=O)N2CC(OC(C)(C)C)C2)n1.CN=CC(=CN)Nc1nccc(Cl)n1. The molecule has 4 aromatic rings. The van der Waals surface area contributed by atoms with Crippen LogP contribution in [0.4, 0.5) is 21.5 Å². The molecule has 7 heterocycles. The minimum Gasteiger partial charge on any atom is -0.493 e. The Labute approximate surface area is 557 Å². The van der Waals surface area contributed by atoms with Crippen LogP contribution in [-0.2, 0) is 23.4 Å². The molecule has 2 aromatic heterocycles. The molecule has 28 heteroatoms. The smallest absolute Gasteiger partial charge is 0.439 e. The van der Waals surface area contributed by atoms with Crippen molar-refractivity contribution in [2.45, 2.75) is 181 Å². The van der Waals surface area contributed by atoms with Gasteiger partial charge in [-0.15, -0.1) is 0 Å². The number of hydrogen-bond acceptors (Lipinski definition) is 20. The number of nitrogens with two attached hydrogens (primary N) is 2. The van der Waals surface area contributed by atoms with E-state index in [-0.39, 0.29) is 58.8 Å². The molecule has 5 aliphatic rings. The fourth-order valence-electron chi connectivity index (χ4n) is 9.48. The first-order valence-electron chi connectivity index (χ1n) is 30.9. The van der Waals surface area contributed by atoms with E-state index in [1.165, 1.54) is 19.8 Å². The Morgan fingerprint density at radius 2 is 1.17 bits per heavy atom. The van der Waals surface area contributed by atoms with Crippen LogP contribution in [0.15, 0.2) is 99.2 Å². The molecule has 9 N–H and O–H groups in total. The predicted molar refractivity (Wildman–Crippen MR) is 367 cm³/mol. The lowest BCUT2D eigenvalue weighted by atomic mass is 9.55. The summed E-state index contributed by atoms with van der Waals surface area (Å²) in [4.78, 5) is 53.5. The van der Waals surface area contributed by atoms with Gasteiger partial charge < -0.3 is 80.6 Å². The Balaban J connectivity index is 0.000000208. The van der Waals surface area contributed by atoms with Gasteiger partial charge in [0.25, 0.3) is 0 Å². The Hall–Kier alpha value is -6.58. The highest BCUT2D eigenvalue weighted by Gasteiger charge is 2.52. The number of fused-ring (bicyclic) bond motifs is 2. The molecule has 92 heavy (non-hydrogen) atoms. The maximum atomic E-state index is 12.9. The Morgan fingerprint density at radius 1 is 0.717 bits per heavy atom. The molecule has 3 saturated heterocycles. The summed E-state index contributed by atoms with van der Waals surface area (Å²) in [6.07, 6.45) is 12.9. The summed E-state index contributed by atoms with van der Waals surface area (Å²) in [5.74, 6) is 2.40. The topological polar surface area (TPSA) is 302 Å². The van der Waals surface area contributed by atoms with Crippen LogP contribution < -0.4 is 42.2 Å². The Morgan fingerprint density at radius 3 is 1.62 bits per heavy atom. The first-order valence-corrected chi connectivity index (χ1v) is 32.1. The number of anilines is 2. The minimum atomic E-state index is -0.951. The lowest BCUT2D eigenvalue weighted by Crippen LogP contribution is -2.59. The van der Waals surface area contributed by atoms with E-state index >= 15 is 0 Å². The van der Waals surface area contributed by atoms with Gasteiger partial charge in [-0.25, -0.2) is 29.5 Å². The predicted octanol–water partition coefficient (Wildman–Crippen LogP) is 10.2. The number of carbonyl (C=O) groups is 2. The fraction of sp³-hybridized carbons (Fsp3) is 0.562. The number of carbonyl (C=O) groups excluding carboxylic acids is 2. The van der Waals surface area contributed by atoms with Gasteiger partial charge in [0.05, 0.1) is 114 Å². The number of nitrogens with one attached hydrogen (secondary N) is 4. The largest absolute Gasteiger partial charge is 0.493 e. The van der Waals surface area contributed by atoms with Crippen molar-refractivity contribution in [1.29, 1.82) is 0 Å². The van der Waals surface area contributed by atoms with Crippen molar-refractivity contribution in [1.82, 2.24) is 40.4 Å². The van der Waals surface area contributed by atoms with Crippen molar-refractivity contribution in [3.05, 3.63) is 105 Å². The van der Waals surface area contributed by atoms with Crippen molar-refractivity contribution in [3.63, 3.8) is 0 Å². The average molecular weight is 1360 g/mol. The molecule has 0 aliphatic carbocycles. The van der Waals surface area contributed by atoms with Gasteiger partial charge >= 0.3 is 26.4 Å². The lowest BCUT2D eigenvalue weighted by Gasteiger charge is -2.42. The number of aliphatic imine (C=N–C) groups is 2. The van der Waals surface area contributed by atoms with E-state index in [9.17, 15) is 14.7 Å². The van der Waals surface area contributed by atoms with Crippen molar-refractivity contribution < 1.29 is 47.6 Å². The summed E-state index contributed by atoms with van der Waals surface area (Å²) in [6, 6.07) is 15.1. The summed E-state index contributed by atoms with van der Waals surface area (Å²) in [5, 5.41) is 22.6. The molecular weight excluding hydrogens is 1260 g/mol. The van der Waals surface area contributed by atoms with E-state index in [0.717, 1.165) is 64.0 Å². The number of benzene rings is 2. The van der Waals surface area contributed by atoms with Crippen molar-refractivity contribution >= 4 is 78.3 Å². The highest BCUT2D eigenvalue weighted by atomic mass is 79.9. The Bertz CT molecular complexity index is 3200. The molecule has 1 radical (unpaired) electrons. The highest BCUT2D eigenvalue weighted by Crippen LogP contribution is 2.39. The van der Waals surface area contributed by atoms with Gasteiger partial charge in [-0.05, 0) is 153 Å².